The van der Waals surface area contributed by atoms with E-state index >= 15 is 0 Å². The number of carbonyl (C=O) groups is 1. The van der Waals surface area contributed by atoms with Crippen molar-refractivity contribution >= 4 is 31.6 Å². The van der Waals surface area contributed by atoms with E-state index in [0.717, 1.165) is 0 Å². The van der Waals surface area contributed by atoms with Crippen LogP contribution in [0.3, 0.4) is 0 Å². The normalized spacial score (nSPS) is 21.0. The molecule has 2 heterocycles. The zero-order valence-electron chi connectivity index (χ0n) is 16.8. The van der Waals surface area contributed by atoms with E-state index in [-0.39, 0.29) is 37.0 Å². The summed E-state index contributed by atoms with van der Waals surface area (Å²) in [6.45, 7) is 9.00. The third-order valence-electron chi connectivity index (χ3n) is 5.58. The lowest BCUT2D eigenvalue weighted by atomic mass is 9.85. The summed E-state index contributed by atoms with van der Waals surface area (Å²) < 4.78 is 53.6. The van der Waals surface area contributed by atoms with Gasteiger partial charge in [0.1, 0.15) is 0 Å². The van der Waals surface area contributed by atoms with E-state index in [4.69, 9.17) is 0 Å². The summed E-state index contributed by atoms with van der Waals surface area (Å²) in [5, 5.41) is 2.29. The second kappa shape index (κ2) is 6.79. The minimum atomic E-state index is -3.79. The van der Waals surface area contributed by atoms with Crippen LogP contribution in [0.15, 0.2) is 17.0 Å². The van der Waals surface area contributed by atoms with Gasteiger partial charge in [0.05, 0.1) is 15.6 Å². The maximum absolute atomic E-state index is 13.2. The van der Waals surface area contributed by atoms with Crippen molar-refractivity contribution in [1.29, 1.82) is 0 Å². The van der Waals surface area contributed by atoms with Crippen LogP contribution in [-0.4, -0.2) is 62.8 Å². The first kappa shape index (κ1) is 21.2. The molecular weight excluding hydrogens is 402 g/mol. The molecule has 0 unspecified atom stereocenters. The zero-order chi connectivity index (χ0) is 21.1. The number of amides is 1. The third kappa shape index (κ3) is 3.26. The molecule has 0 bridgehead atoms. The number of hydrogen-bond acceptors (Lipinski definition) is 5. The van der Waals surface area contributed by atoms with Crippen molar-refractivity contribution in [3.05, 3.63) is 23.3 Å². The summed E-state index contributed by atoms with van der Waals surface area (Å²) in [4.78, 5) is 12.4. The van der Waals surface area contributed by atoms with E-state index in [9.17, 15) is 21.6 Å². The van der Waals surface area contributed by atoms with Crippen LogP contribution in [-0.2, 0) is 30.3 Å². The van der Waals surface area contributed by atoms with E-state index in [2.05, 4.69) is 5.32 Å². The maximum atomic E-state index is 13.2. The van der Waals surface area contributed by atoms with E-state index in [0.29, 0.717) is 16.8 Å². The SMILES string of the molecule is Cc1cc(S(=O)(=O)N2CCN(S(=O)(=O)C(C)C)CC2)cc2c1NC(=O)C2(C)C. The lowest BCUT2D eigenvalue weighted by Crippen LogP contribution is -2.51. The summed E-state index contributed by atoms with van der Waals surface area (Å²) in [5.74, 6) is -0.160. The Morgan fingerprint density at radius 1 is 1.00 bits per heavy atom. The third-order valence-corrected chi connectivity index (χ3v) is 9.73. The van der Waals surface area contributed by atoms with Crippen LogP contribution < -0.4 is 5.32 Å². The van der Waals surface area contributed by atoms with Crippen molar-refractivity contribution in [2.45, 2.75) is 50.2 Å². The molecule has 0 aliphatic carbocycles. The van der Waals surface area contributed by atoms with Gasteiger partial charge in [-0.25, -0.2) is 16.8 Å². The van der Waals surface area contributed by atoms with Crippen LogP contribution in [0.5, 0.6) is 0 Å². The molecule has 8 nitrogen and oxygen atoms in total. The molecule has 3 rings (SSSR count). The second-order valence-corrected chi connectivity index (χ2v) is 12.6. The summed E-state index contributed by atoms with van der Waals surface area (Å²) in [5.41, 5.74) is 1.21. The van der Waals surface area contributed by atoms with Crippen LogP contribution in [0.2, 0.25) is 0 Å². The number of anilines is 1. The van der Waals surface area contributed by atoms with E-state index in [1.54, 1.807) is 46.8 Å². The van der Waals surface area contributed by atoms with E-state index in [1.807, 2.05) is 0 Å². The van der Waals surface area contributed by atoms with Gasteiger partial charge in [0.15, 0.2) is 0 Å². The fourth-order valence-electron chi connectivity index (χ4n) is 3.57. The number of hydrogen-bond donors (Lipinski definition) is 1. The summed E-state index contributed by atoms with van der Waals surface area (Å²) in [7, 11) is -7.19. The Labute approximate surface area is 167 Å². The van der Waals surface area contributed by atoms with Crippen molar-refractivity contribution in [2.75, 3.05) is 31.5 Å². The molecule has 1 aromatic rings. The van der Waals surface area contributed by atoms with Gasteiger partial charge in [0.2, 0.25) is 26.0 Å². The number of nitrogens with one attached hydrogen (secondary N) is 1. The molecule has 1 amide bonds. The first-order valence-electron chi connectivity index (χ1n) is 9.25. The molecule has 1 aromatic carbocycles. The van der Waals surface area contributed by atoms with Crippen molar-refractivity contribution in [1.82, 2.24) is 8.61 Å². The standard InChI is InChI=1S/C18H27N3O5S2/c1-12(2)27(23,24)20-6-8-21(9-7-20)28(25,26)14-10-13(3)16-15(11-14)18(4,5)17(22)19-16/h10-12H,6-9H2,1-5H3,(H,19,22). The Bertz CT molecular complexity index is 1020. The molecular formula is C18H27N3O5S2. The highest BCUT2D eigenvalue weighted by molar-refractivity contribution is 7.90. The molecule has 1 saturated heterocycles. The van der Waals surface area contributed by atoms with E-state index < -0.39 is 30.7 Å². The van der Waals surface area contributed by atoms with Gasteiger partial charge in [-0.2, -0.15) is 8.61 Å². The number of rotatable bonds is 4. The Morgan fingerprint density at radius 2 is 1.54 bits per heavy atom. The van der Waals surface area contributed by atoms with Crippen LogP contribution in [0.4, 0.5) is 5.69 Å². The van der Waals surface area contributed by atoms with Crippen LogP contribution in [0.25, 0.3) is 0 Å². The summed E-state index contributed by atoms with van der Waals surface area (Å²) in [6.07, 6.45) is 0. The van der Waals surface area contributed by atoms with Crippen LogP contribution in [0, 0.1) is 6.92 Å². The van der Waals surface area contributed by atoms with Gasteiger partial charge in [-0.1, -0.05) is 0 Å². The first-order chi connectivity index (χ1) is 12.8. The lowest BCUT2D eigenvalue weighted by molar-refractivity contribution is -0.119. The van der Waals surface area contributed by atoms with Crippen molar-refractivity contribution in [3.8, 4) is 0 Å². The zero-order valence-corrected chi connectivity index (χ0v) is 18.4. The fraction of sp³-hybridized carbons (Fsp3) is 0.611. The quantitative estimate of drug-likeness (QED) is 0.776. The van der Waals surface area contributed by atoms with Gasteiger partial charge < -0.3 is 5.32 Å². The summed E-state index contributed by atoms with van der Waals surface area (Å²) >= 11 is 0. The molecule has 28 heavy (non-hydrogen) atoms. The molecule has 0 atom stereocenters. The number of nitrogens with zero attached hydrogens (tertiary/aromatic N) is 2. The molecule has 0 spiro atoms. The van der Waals surface area contributed by atoms with Crippen LogP contribution in [0.1, 0.15) is 38.8 Å². The van der Waals surface area contributed by atoms with Gasteiger partial charge in [-0.05, 0) is 57.9 Å². The molecule has 10 heteroatoms. The molecule has 2 aliphatic heterocycles. The van der Waals surface area contributed by atoms with Crippen molar-refractivity contribution in [2.24, 2.45) is 0 Å². The predicted octanol–water partition coefficient (Wildman–Crippen LogP) is 1.27. The predicted molar refractivity (Wildman–Crippen MR) is 107 cm³/mol. The molecule has 1 N–H and O–H groups in total. The van der Waals surface area contributed by atoms with Gasteiger partial charge in [-0.15, -0.1) is 0 Å². The second-order valence-electron chi connectivity index (χ2n) is 8.14. The average molecular weight is 430 g/mol. The number of fused-ring (bicyclic) bond motifs is 1. The van der Waals surface area contributed by atoms with Gasteiger partial charge in [0, 0.05) is 31.9 Å². The lowest BCUT2D eigenvalue weighted by Gasteiger charge is -2.34. The monoisotopic (exact) mass is 429 g/mol. The number of sulfonamides is 2. The first-order valence-corrected chi connectivity index (χ1v) is 12.2. The van der Waals surface area contributed by atoms with Crippen LogP contribution >= 0.6 is 0 Å². The van der Waals surface area contributed by atoms with Crippen molar-refractivity contribution in [3.63, 3.8) is 0 Å². The molecule has 0 saturated carbocycles. The summed E-state index contributed by atoms with van der Waals surface area (Å²) in [6, 6.07) is 3.12. The Balaban J connectivity index is 1.89. The highest BCUT2D eigenvalue weighted by atomic mass is 32.2. The Hall–Kier alpha value is -1.49. The molecule has 0 radical (unpaired) electrons. The number of carbonyl (C=O) groups excluding carboxylic acids is 1. The molecule has 1 fully saturated rings. The largest absolute Gasteiger partial charge is 0.325 e. The highest BCUT2D eigenvalue weighted by Crippen LogP contribution is 2.41. The van der Waals surface area contributed by atoms with Gasteiger partial charge in [-0.3, -0.25) is 4.79 Å². The topological polar surface area (TPSA) is 104 Å². The average Bonchev–Trinajstić information content (AvgIpc) is 2.85. The number of piperazine rings is 1. The number of aryl methyl sites for hydroxylation is 1. The van der Waals surface area contributed by atoms with E-state index in [1.165, 1.54) is 8.61 Å². The maximum Gasteiger partial charge on any atom is 0.243 e. The smallest absolute Gasteiger partial charge is 0.243 e. The van der Waals surface area contributed by atoms with Gasteiger partial charge in [0.25, 0.3) is 0 Å². The fourth-order valence-corrected chi connectivity index (χ4v) is 6.37. The van der Waals surface area contributed by atoms with Gasteiger partial charge >= 0.3 is 0 Å². The molecule has 0 aromatic heterocycles. The van der Waals surface area contributed by atoms with Crippen molar-refractivity contribution < 1.29 is 21.6 Å². The Kier molecular flexibility index (Phi) is 5.15. The molecule has 156 valence electrons. The minimum Gasteiger partial charge on any atom is -0.325 e. The minimum absolute atomic E-state index is 0.102. The highest BCUT2D eigenvalue weighted by Gasteiger charge is 2.41. The number of benzene rings is 1. The molecule has 2 aliphatic rings. The Morgan fingerprint density at radius 3 is 2.07 bits per heavy atom.